The number of nitrogens with two attached hydrogens (primary N) is 1. The molecule has 0 aliphatic carbocycles. The van der Waals surface area contributed by atoms with Gasteiger partial charge in [0.1, 0.15) is 0 Å². The lowest BCUT2D eigenvalue weighted by Crippen LogP contribution is -2.38. The lowest BCUT2D eigenvalue weighted by Gasteiger charge is -2.28. The highest BCUT2D eigenvalue weighted by Gasteiger charge is 2.40. The van der Waals surface area contributed by atoms with Crippen LogP contribution in [0.25, 0.3) is 0 Å². The third kappa shape index (κ3) is 3.46. The molecule has 16 heavy (non-hydrogen) atoms. The van der Waals surface area contributed by atoms with E-state index in [-0.39, 0.29) is 6.04 Å². The van der Waals surface area contributed by atoms with Gasteiger partial charge in [-0.05, 0) is 38.0 Å². The molecule has 5 unspecified atom stereocenters. The summed E-state index contributed by atoms with van der Waals surface area (Å²) in [6.07, 6.45) is 2.98. The van der Waals surface area contributed by atoms with E-state index in [2.05, 4.69) is 41.5 Å². The van der Waals surface area contributed by atoms with Gasteiger partial charge < -0.3 is 10.5 Å². The van der Waals surface area contributed by atoms with Gasteiger partial charge in [0.15, 0.2) is 0 Å². The van der Waals surface area contributed by atoms with Gasteiger partial charge in [-0.2, -0.15) is 0 Å². The summed E-state index contributed by atoms with van der Waals surface area (Å²) in [5.74, 6) is 1.11. The van der Waals surface area contributed by atoms with Crippen molar-refractivity contribution in [3.63, 3.8) is 0 Å². The summed E-state index contributed by atoms with van der Waals surface area (Å²) >= 11 is 0. The highest BCUT2D eigenvalue weighted by molar-refractivity contribution is 4.90. The second kappa shape index (κ2) is 5.05. The second-order valence-electron chi connectivity index (χ2n) is 6.75. The number of hydrogen-bond donors (Lipinski definition) is 1. The largest absolute Gasteiger partial charge is 0.375 e. The Morgan fingerprint density at radius 3 is 2.06 bits per heavy atom. The number of ether oxygens (including phenoxy) is 1. The lowest BCUT2D eigenvalue weighted by molar-refractivity contribution is 0.0483. The van der Waals surface area contributed by atoms with Gasteiger partial charge in [-0.3, -0.25) is 0 Å². The van der Waals surface area contributed by atoms with Crippen LogP contribution in [0.1, 0.15) is 54.4 Å². The number of hydrogen-bond acceptors (Lipinski definition) is 2. The topological polar surface area (TPSA) is 35.2 Å². The fourth-order valence-electron chi connectivity index (χ4n) is 2.82. The van der Waals surface area contributed by atoms with Crippen molar-refractivity contribution in [2.24, 2.45) is 23.0 Å². The van der Waals surface area contributed by atoms with Crippen LogP contribution in [0, 0.1) is 17.3 Å². The predicted molar refractivity (Wildman–Crippen MR) is 69.3 cm³/mol. The van der Waals surface area contributed by atoms with E-state index in [1.165, 1.54) is 6.42 Å². The first-order valence-corrected chi connectivity index (χ1v) is 6.63. The molecule has 96 valence electrons. The molecule has 1 saturated heterocycles. The Bertz CT molecular complexity index is 221. The van der Waals surface area contributed by atoms with E-state index < -0.39 is 0 Å². The molecule has 0 aromatic heterocycles. The summed E-state index contributed by atoms with van der Waals surface area (Å²) in [4.78, 5) is 0. The molecule has 1 heterocycles. The van der Waals surface area contributed by atoms with Crippen LogP contribution in [0.3, 0.4) is 0 Å². The minimum Gasteiger partial charge on any atom is -0.375 e. The smallest absolute Gasteiger partial charge is 0.0597 e. The fraction of sp³-hybridized carbons (Fsp3) is 1.00. The zero-order valence-corrected chi connectivity index (χ0v) is 11.8. The van der Waals surface area contributed by atoms with Crippen LogP contribution in [-0.2, 0) is 4.74 Å². The first kappa shape index (κ1) is 14.0. The molecule has 0 amide bonds. The Morgan fingerprint density at radius 1 is 1.12 bits per heavy atom. The minimum absolute atomic E-state index is 0.286. The molecule has 0 radical (unpaired) electrons. The van der Waals surface area contributed by atoms with Crippen molar-refractivity contribution in [2.45, 2.75) is 72.6 Å². The second-order valence-corrected chi connectivity index (χ2v) is 6.75. The normalized spacial score (nSPS) is 37.7. The Labute approximate surface area is 101 Å². The standard InChI is InChI=1S/C14H29NO/c1-9-10(2)16-11(3)13(9)12(15)7-8-14(4,5)6/h9-13H,7-8,15H2,1-6H3. The first-order valence-electron chi connectivity index (χ1n) is 6.63. The molecule has 0 spiro atoms. The van der Waals surface area contributed by atoms with E-state index in [0.29, 0.717) is 29.5 Å². The molecule has 0 aromatic rings. The van der Waals surface area contributed by atoms with Gasteiger partial charge in [0, 0.05) is 12.0 Å². The van der Waals surface area contributed by atoms with Crippen LogP contribution in [0.5, 0.6) is 0 Å². The van der Waals surface area contributed by atoms with Crippen LogP contribution in [0.4, 0.5) is 0 Å². The maximum atomic E-state index is 6.35. The molecular formula is C14H29NO. The number of rotatable bonds is 3. The van der Waals surface area contributed by atoms with Crippen LogP contribution in [-0.4, -0.2) is 18.2 Å². The predicted octanol–water partition coefficient (Wildman–Crippen LogP) is 3.20. The summed E-state index contributed by atoms with van der Waals surface area (Å²) in [5.41, 5.74) is 6.73. The average Bonchev–Trinajstić information content (AvgIpc) is 2.36. The third-order valence-electron chi connectivity index (χ3n) is 4.04. The first-order chi connectivity index (χ1) is 7.22. The van der Waals surface area contributed by atoms with Crippen LogP contribution in [0.2, 0.25) is 0 Å². The van der Waals surface area contributed by atoms with Crippen molar-refractivity contribution in [3.05, 3.63) is 0 Å². The molecule has 0 aromatic carbocycles. The zero-order valence-electron chi connectivity index (χ0n) is 11.8. The van der Waals surface area contributed by atoms with Gasteiger partial charge >= 0.3 is 0 Å². The van der Waals surface area contributed by atoms with Crippen molar-refractivity contribution in [2.75, 3.05) is 0 Å². The van der Waals surface area contributed by atoms with Crippen molar-refractivity contribution >= 4 is 0 Å². The van der Waals surface area contributed by atoms with E-state index in [0.717, 1.165) is 6.42 Å². The third-order valence-corrected chi connectivity index (χ3v) is 4.04. The van der Waals surface area contributed by atoms with E-state index in [4.69, 9.17) is 10.5 Å². The monoisotopic (exact) mass is 227 g/mol. The molecule has 5 atom stereocenters. The molecule has 2 heteroatoms. The Hall–Kier alpha value is -0.0800. The van der Waals surface area contributed by atoms with Crippen LogP contribution < -0.4 is 5.73 Å². The Morgan fingerprint density at radius 2 is 1.69 bits per heavy atom. The highest BCUT2D eigenvalue weighted by Crippen LogP contribution is 2.36. The van der Waals surface area contributed by atoms with E-state index in [1.54, 1.807) is 0 Å². The molecule has 1 fully saturated rings. The summed E-state index contributed by atoms with van der Waals surface area (Å²) < 4.78 is 5.86. The maximum Gasteiger partial charge on any atom is 0.0597 e. The molecular weight excluding hydrogens is 198 g/mol. The summed E-state index contributed by atoms with van der Waals surface area (Å²) in [6.45, 7) is 13.4. The van der Waals surface area contributed by atoms with Crippen LogP contribution in [0.15, 0.2) is 0 Å². The summed E-state index contributed by atoms with van der Waals surface area (Å²) in [7, 11) is 0. The zero-order chi connectivity index (χ0) is 12.5. The molecule has 2 nitrogen and oxygen atoms in total. The lowest BCUT2D eigenvalue weighted by atomic mass is 9.79. The maximum absolute atomic E-state index is 6.35. The molecule has 0 bridgehead atoms. The molecule has 2 N–H and O–H groups in total. The molecule has 1 rings (SSSR count). The van der Waals surface area contributed by atoms with Crippen molar-refractivity contribution in [1.29, 1.82) is 0 Å². The molecule has 0 saturated carbocycles. The molecule has 1 aliphatic rings. The van der Waals surface area contributed by atoms with E-state index in [9.17, 15) is 0 Å². The van der Waals surface area contributed by atoms with Gasteiger partial charge in [-0.25, -0.2) is 0 Å². The fourth-order valence-corrected chi connectivity index (χ4v) is 2.82. The summed E-state index contributed by atoms with van der Waals surface area (Å²) in [5, 5.41) is 0. The van der Waals surface area contributed by atoms with E-state index in [1.807, 2.05) is 0 Å². The SMILES string of the molecule is CC1OC(C)C(C(N)CCC(C)(C)C)C1C. The van der Waals surface area contributed by atoms with Crippen molar-refractivity contribution < 1.29 is 4.74 Å². The quantitative estimate of drug-likeness (QED) is 0.803. The minimum atomic E-state index is 0.286. The van der Waals surface area contributed by atoms with E-state index >= 15 is 0 Å². The Balaban J connectivity index is 2.50. The van der Waals surface area contributed by atoms with Gasteiger partial charge in [0.05, 0.1) is 12.2 Å². The van der Waals surface area contributed by atoms with Crippen molar-refractivity contribution in [3.8, 4) is 0 Å². The van der Waals surface area contributed by atoms with Crippen molar-refractivity contribution in [1.82, 2.24) is 0 Å². The van der Waals surface area contributed by atoms with Gasteiger partial charge in [-0.15, -0.1) is 0 Å². The highest BCUT2D eigenvalue weighted by atomic mass is 16.5. The van der Waals surface area contributed by atoms with Gasteiger partial charge in [0.2, 0.25) is 0 Å². The molecule has 1 aliphatic heterocycles. The van der Waals surface area contributed by atoms with Gasteiger partial charge in [-0.1, -0.05) is 27.7 Å². The Kier molecular flexibility index (Phi) is 4.42. The van der Waals surface area contributed by atoms with Crippen LogP contribution >= 0.6 is 0 Å². The van der Waals surface area contributed by atoms with Gasteiger partial charge in [0.25, 0.3) is 0 Å². The average molecular weight is 227 g/mol. The summed E-state index contributed by atoms with van der Waals surface area (Å²) in [6, 6.07) is 0.286.